The van der Waals surface area contributed by atoms with Gasteiger partial charge in [-0.05, 0) is 49.2 Å². The van der Waals surface area contributed by atoms with Crippen LogP contribution in [0.2, 0.25) is 5.02 Å². The number of furan rings is 1. The highest BCUT2D eigenvalue weighted by Crippen LogP contribution is 2.40. The van der Waals surface area contributed by atoms with E-state index in [0.29, 0.717) is 35.0 Å². The largest absolute Gasteiger partial charge is 0.467 e. The highest BCUT2D eigenvalue weighted by atomic mass is 35.5. The third-order valence-electron chi connectivity index (χ3n) is 4.46. The molecule has 28 heavy (non-hydrogen) atoms. The first-order valence-electron chi connectivity index (χ1n) is 8.93. The minimum Gasteiger partial charge on any atom is -0.467 e. The average Bonchev–Trinajstić information content (AvgIpc) is 3.10. The van der Waals surface area contributed by atoms with Crippen molar-refractivity contribution in [3.05, 3.63) is 65.2 Å². The molecule has 4 aromatic rings. The van der Waals surface area contributed by atoms with E-state index in [2.05, 4.69) is 25.0 Å². The van der Waals surface area contributed by atoms with Crippen LogP contribution in [0, 0.1) is 0 Å². The molecule has 7 nitrogen and oxygen atoms in total. The molecule has 0 bridgehead atoms. The molecule has 1 aliphatic rings. The molecule has 142 valence electrons. The molecule has 0 unspecified atom stereocenters. The van der Waals surface area contributed by atoms with Gasteiger partial charge in [0.1, 0.15) is 11.6 Å². The summed E-state index contributed by atoms with van der Waals surface area (Å²) in [6.45, 7) is 0.619. The number of thioether (sulfide) groups is 1. The van der Waals surface area contributed by atoms with Gasteiger partial charge in [-0.1, -0.05) is 23.4 Å². The molecule has 5 rings (SSSR count). The molecule has 0 saturated heterocycles. The molecular weight excluding hydrogens is 398 g/mol. The maximum atomic E-state index is 5.92. The minimum absolute atomic E-state index is 0.475. The van der Waals surface area contributed by atoms with Crippen molar-refractivity contribution in [1.82, 2.24) is 25.0 Å². The molecule has 0 aliphatic heterocycles. The molecule has 1 aromatic carbocycles. The molecule has 0 radical (unpaired) electrons. The van der Waals surface area contributed by atoms with Crippen molar-refractivity contribution in [3.8, 4) is 11.5 Å². The van der Waals surface area contributed by atoms with Crippen LogP contribution < -0.4 is 0 Å². The second-order valence-corrected chi connectivity index (χ2v) is 7.96. The average molecular weight is 414 g/mol. The second kappa shape index (κ2) is 7.44. The van der Waals surface area contributed by atoms with Crippen LogP contribution in [-0.2, 0) is 12.3 Å². The number of nitrogens with zero attached hydrogens (tertiary/aromatic N) is 5. The lowest BCUT2D eigenvalue weighted by molar-refractivity contribution is 0.478. The van der Waals surface area contributed by atoms with E-state index in [-0.39, 0.29) is 0 Å². The van der Waals surface area contributed by atoms with Gasteiger partial charge in [0.25, 0.3) is 0 Å². The molecule has 0 amide bonds. The Bertz CT molecular complexity index is 1070. The zero-order chi connectivity index (χ0) is 18.9. The van der Waals surface area contributed by atoms with Crippen LogP contribution in [0.15, 0.2) is 56.7 Å². The molecule has 3 aromatic heterocycles. The van der Waals surface area contributed by atoms with E-state index >= 15 is 0 Å². The van der Waals surface area contributed by atoms with E-state index in [1.807, 2.05) is 24.3 Å². The molecule has 0 atom stereocenters. The van der Waals surface area contributed by atoms with Crippen LogP contribution in [0.25, 0.3) is 11.5 Å². The van der Waals surface area contributed by atoms with Crippen molar-refractivity contribution in [2.75, 3.05) is 0 Å². The Morgan fingerprint density at radius 3 is 2.68 bits per heavy atom. The maximum Gasteiger partial charge on any atom is 0.247 e. The lowest BCUT2D eigenvalue weighted by Crippen LogP contribution is -2.05. The normalized spacial score (nSPS) is 13.9. The summed E-state index contributed by atoms with van der Waals surface area (Å²) in [7, 11) is 0. The van der Waals surface area contributed by atoms with Crippen LogP contribution in [-0.4, -0.2) is 25.0 Å². The number of aromatic nitrogens is 5. The Labute approximate surface area is 170 Å². The van der Waals surface area contributed by atoms with E-state index in [1.165, 1.54) is 11.8 Å². The highest BCUT2D eigenvalue weighted by Gasteiger charge is 2.30. The van der Waals surface area contributed by atoms with Crippen LogP contribution >= 0.6 is 23.4 Å². The molecule has 1 saturated carbocycles. The van der Waals surface area contributed by atoms with E-state index < -0.39 is 0 Å². The molecular formula is C19H16ClN5O2S. The highest BCUT2D eigenvalue weighted by molar-refractivity contribution is 7.98. The third kappa shape index (κ3) is 3.70. The number of hydrogen-bond donors (Lipinski definition) is 0. The smallest absolute Gasteiger partial charge is 0.247 e. The number of halogens is 1. The van der Waals surface area contributed by atoms with Gasteiger partial charge < -0.3 is 8.83 Å². The number of benzene rings is 1. The lowest BCUT2D eigenvalue weighted by Gasteiger charge is -2.07. The molecule has 0 spiro atoms. The van der Waals surface area contributed by atoms with Crippen LogP contribution in [0.1, 0.15) is 36.2 Å². The minimum atomic E-state index is 0.475. The van der Waals surface area contributed by atoms with E-state index in [0.717, 1.165) is 35.1 Å². The van der Waals surface area contributed by atoms with Gasteiger partial charge in [-0.25, -0.2) is 0 Å². The van der Waals surface area contributed by atoms with Crippen LogP contribution in [0.3, 0.4) is 0 Å². The first-order valence-corrected chi connectivity index (χ1v) is 10.3. The Morgan fingerprint density at radius 1 is 1.07 bits per heavy atom. The topological polar surface area (TPSA) is 82.8 Å². The monoisotopic (exact) mass is 413 g/mol. The number of rotatable bonds is 7. The Balaban J connectivity index is 1.32. The van der Waals surface area contributed by atoms with E-state index in [4.69, 9.17) is 20.4 Å². The van der Waals surface area contributed by atoms with Crippen LogP contribution in [0.4, 0.5) is 0 Å². The standard InChI is InChI=1S/C19H16ClN5O2S/c20-14-7-5-13(6-8-14)18-23-21-16(27-18)11-28-19-24-22-17(12-3-4-12)25(19)10-15-2-1-9-26-15/h1-2,5-9,12H,3-4,10-11H2. The van der Waals surface area contributed by atoms with Crippen molar-refractivity contribution in [1.29, 1.82) is 0 Å². The first kappa shape index (κ1) is 17.5. The van der Waals surface area contributed by atoms with Gasteiger partial charge in [-0.15, -0.1) is 20.4 Å². The summed E-state index contributed by atoms with van der Waals surface area (Å²) in [5.41, 5.74) is 0.838. The molecule has 9 heteroatoms. The van der Waals surface area contributed by atoms with Crippen molar-refractivity contribution < 1.29 is 8.83 Å². The van der Waals surface area contributed by atoms with Crippen LogP contribution in [0.5, 0.6) is 0 Å². The van der Waals surface area contributed by atoms with Gasteiger partial charge in [0.2, 0.25) is 11.8 Å². The fraction of sp³-hybridized carbons (Fsp3) is 0.263. The SMILES string of the molecule is Clc1ccc(-c2nnc(CSc3nnc(C4CC4)n3Cc3ccco3)o2)cc1. The summed E-state index contributed by atoms with van der Waals surface area (Å²) >= 11 is 7.45. The van der Waals surface area contributed by atoms with Gasteiger partial charge >= 0.3 is 0 Å². The third-order valence-corrected chi connectivity index (χ3v) is 5.67. The van der Waals surface area contributed by atoms with Gasteiger partial charge in [0, 0.05) is 16.5 Å². The zero-order valence-corrected chi connectivity index (χ0v) is 16.4. The second-order valence-electron chi connectivity index (χ2n) is 6.58. The van der Waals surface area contributed by atoms with Gasteiger partial charge in [0.05, 0.1) is 18.6 Å². The zero-order valence-electron chi connectivity index (χ0n) is 14.8. The fourth-order valence-corrected chi connectivity index (χ4v) is 3.81. The van der Waals surface area contributed by atoms with Crippen molar-refractivity contribution in [2.45, 2.75) is 36.2 Å². The van der Waals surface area contributed by atoms with Crippen molar-refractivity contribution >= 4 is 23.4 Å². The summed E-state index contributed by atoms with van der Waals surface area (Å²) in [4.78, 5) is 0. The molecule has 3 heterocycles. The Morgan fingerprint density at radius 2 is 1.93 bits per heavy atom. The van der Waals surface area contributed by atoms with Gasteiger partial charge in [0.15, 0.2) is 5.16 Å². The van der Waals surface area contributed by atoms with Gasteiger partial charge in [-0.2, -0.15) is 0 Å². The summed E-state index contributed by atoms with van der Waals surface area (Å²) in [5.74, 6) is 3.93. The molecule has 0 N–H and O–H groups in total. The molecule has 1 fully saturated rings. The van der Waals surface area contributed by atoms with Crippen molar-refractivity contribution in [2.24, 2.45) is 0 Å². The first-order chi connectivity index (χ1) is 13.8. The fourth-order valence-electron chi connectivity index (χ4n) is 2.90. The predicted octanol–water partition coefficient (Wildman–Crippen LogP) is 4.79. The van der Waals surface area contributed by atoms with E-state index in [9.17, 15) is 0 Å². The Hall–Kier alpha value is -2.58. The van der Waals surface area contributed by atoms with Crippen molar-refractivity contribution in [3.63, 3.8) is 0 Å². The Kier molecular flexibility index (Phi) is 4.66. The maximum absolute atomic E-state index is 5.92. The van der Waals surface area contributed by atoms with E-state index in [1.54, 1.807) is 18.4 Å². The summed E-state index contributed by atoms with van der Waals surface area (Å²) in [6, 6.07) is 11.2. The lowest BCUT2D eigenvalue weighted by atomic mass is 10.2. The molecule has 1 aliphatic carbocycles. The summed E-state index contributed by atoms with van der Waals surface area (Å²) in [5, 5.41) is 18.5. The quantitative estimate of drug-likeness (QED) is 0.402. The predicted molar refractivity (Wildman–Crippen MR) is 104 cm³/mol. The summed E-state index contributed by atoms with van der Waals surface area (Å²) in [6.07, 6.45) is 4.00. The van der Waals surface area contributed by atoms with Gasteiger partial charge in [-0.3, -0.25) is 4.57 Å². The number of hydrogen-bond acceptors (Lipinski definition) is 7. The summed E-state index contributed by atoms with van der Waals surface area (Å²) < 4.78 is 13.4.